The van der Waals surface area contributed by atoms with E-state index in [9.17, 15) is 4.79 Å². The maximum absolute atomic E-state index is 11.6. The second kappa shape index (κ2) is 6.10. The highest BCUT2D eigenvalue weighted by Gasteiger charge is 2.11. The molecule has 1 aromatic carbocycles. The van der Waals surface area contributed by atoms with Gasteiger partial charge in [0.1, 0.15) is 5.75 Å². The van der Waals surface area contributed by atoms with E-state index in [1.807, 2.05) is 26.0 Å². The van der Waals surface area contributed by atoms with Crippen LogP contribution in [0.2, 0.25) is 0 Å². The van der Waals surface area contributed by atoms with Gasteiger partial charge in [0.05, 0.1) is 12.8 Å². The zero-order valence-corrected chi connectivity index (χ0v) is 10.4. The molecule has 0 saturated heterocycles. The molecule has 0 aromatic heterocycles. The molecule has 0 spiro atoms. The first-order chi connectivity index (χ1) is 8.08. The average Bonchev–Trinajstić information content (AvgIpc) is 2.28. The van der Waals surface area contributed by atoms with Crippen LogP contribution in [0.25, 0.3) is 0 Å². The van der Waals surface area contributed by atoms with Crippen molar-refractivity contribution in [2.24, 2.45) is 5.73 Å². The van der Waals surface area contributed by atoms with Gasteiger partial charge in [-0.3, -0.25) is 0 Å². The lowest BCUT2D eigenvalue weighted by Crippen LogP contribution is -2.34. The molecule has 1 aromatic rings. The van der Waals surface area contributed by atoms with Gasteiger partial charge in [-0.2, -0.15) is 0 Å². The molecule has 4 N–H and O–H groups in total. The number of hydrogen-bond acceptors (Lipinski definition) is 3. The number of carbonyl (C=O) groups is 1. The molecule has 0 bridgehead atoms. The van der Waals surface area contributed by atoms with Gasteiger partial charge < -0.3 is 21.1 Å². The van der Waals surface area contributed by atoms with E-state index >= 15 is 0 Å². The number of nitrogens with two attached hydrogens (primary N) is 1. The highest BCUT2D eigenvalue weighted by atomic mass is 16.5. The van der Waals surface area contributed by atoms with Crippen molar-refractivity contribution >= 4 is 11.7 Å². The smallest absolute Gasteiger partial charge is 0.319 e. The zero-order valence-electron chi connectivity index (χ0n) is 10.4. The lowest BCUT2D eigenvalue weighted by Gasteiger charge is -2.15. The van der Waals surface area contributed by atoms with E-state index in [0.29, 0.717) is 18.0 Å². The van der Waals surface area contributed by atoms with Crippen LogP contribution in [0, 0.1) is 0 Å². The van der Waals surface area contributed by atoms with Gasteiger partial charge in [-0.1, -0.05) is 12.1 Å². The molecule has 0 saturated carbocycles. The monoisotopic (exact) mass is 237 g/mol. The summed E-state index contributed by atoms with van der Waals surface area (Å²) < 4.78 is 5.20. The lowest BCUT2D eigenvalue weighted by molar-refractivity contribution is 0.250. The maximum atomic E-state index is 11.6. The molecule has 0 heterocycles. The van der Waals surface area contributed by atoms with Gasteiger partial charge in [-0.25, -0.2) is 4.79 Å². The van der Waals surface area contributed by atoms with Crippen molar-refractivity contribution < 1.29 is 9.53 Å². The number of benzene rings is 1. The fourth-order valence-electron chi connectivity index (χ4n) is 1.47. The van der Waals surface area contributed by atoms with Crippen LogP contribution in [0.15, 0.2) is 18.2 Å². The second-order valence-electron chi connectivity index (χ2n) is 3.95. The Morgan fingerprint density at radius 1 is 1.47 bits per heavy atom. The van der Waals surface area contributed by atoms with Crippen molar-refractivity contribution in [3.63, 3.8) is 0 Å². The number of rotatable bonds is 4. The fourth-order valence-corrected chi connectivity index (χ4v) is 1.47. The first-order valence-electron chi connectivity index (χ1n) is 5.52. The van der Waals surface area contributed by atoms with Crippen LogP contribution < -0.4 is 21.1 Å². The Labute approximate surface area is 101 Å². The Morgan fingerprint density at radius 3 is 2.71 bits per heavy atom. The number of amides is 2. The fraction of sp³-hybridized carbons (Fsp3) is 0.417. The molecular weight excluding hydrogens is 218 g/mol. The van der Waals surface area contributed by atoms with Gasteiger partial charge in [0.2, 0.25) is 0 Å². The van der Waals surface area contributed by atoms with Crippen LogP contribution in [0.4, 0.5) is 10.5 Å². The van der Waals surface area contributed by atoms with Crippen LogP contribution in [-0.2, 0) is 6.54 Å². The standard InChI is InChI=1S/C12H19N3O2/c1-8(2)14-12(16)15-11-9(7-13)5-4-6-10(11)17-3/h4-6,8H,7,13H2,1-3H3,(H2,14,15,16). The predicted molar refractivity (Wildman–Crippen MR) is 68.2 cm³/mol. The summed E-state index contributed by atoms with van der Waals surface area (Å²) in [6.07, 6.45) is 0. The van der Waals surface area contributed by atoms with Crippen LogP contribution in [-0.4, -0.2) is 19.2 Å². The van der Waals surface area contributed by atoms with Crippen molar-refractivity contribution in [2.45, 2.75) is 26.4 Å². The summed E-state index contributed by atoms with van der Waals surface area (Å²) in [5.41, 5.74) is 7.08. The molecule has 0 aliphatic carbocycles. The first-order valence-corrected chi connectivity index (χ1v) is 5.52. The molecule has 0 aliphatic heterocycles. The summed E-state index contributed by atoms with van der Waals surface area (Å²) in [6.45, 7) is 4.13. The zero-order chi connectivity index (χ0) is 12.8. The molecule has 94 valence electrons. The molecule has 0 radical (unpaired) electrons. The summed E-state index contributed by atoms with van der Waals surface area (Å²) >= 11 is 0. The lowest BCUT2D eigenvalue weighted by atomic mass is 10.1. The van der Waals surface area contributed by atoms with Gasteiger partial charge >= 0.3 is 6.03 Å². The number of hydrogen-bond donors (Lipinski definition) is 3. The highest BCUT2D eigenvalue weighted by molar-refractivity contribution is 5.92. The molecule has 0 unspecified atom stereocenters. The van der Waals surface area contributed by atoms with Gasteiger partial charge in [-0.05, 0) is 25.5 Å². The molecule has 1 rings (SSSR count). The Hall–Kier alpha value is -1.75. The number of urea groups is 1. The summed E-state index contributed by atoms with van der Waals surface area (Å²) in [5.74, 6) is 0.604. The quantitative estimate of drug-likeness (QED) is 0.745. The first kappa shape index (κ1) is 13.3. The van der Waals surface area contributed by atoms with E-state index in [1.165, 1.54) is 0 Å². The van der Waals surface area contributed by atoms with Crippen molar-refractivity contribution in [1.29, 1.82) is 0 Å². The predicted octanol–water partition coefficient (Wildman–Crippen LogP) is 1.68. The van der Waals surface area contributed by atoms with Crippen LogP contribution in [0.3, 0.4) is 0 Å². The maximum Gasteiger partial charge on any atom is 0.319 e. The average molecular weight is 237 g/mol. The van der Waals surface area contributed by atoms with Crippen LogP contribution in [0.1, 0.15) is 19.4 Å². The summed E-state index contributed by atoms with van der Waals surface area (Å²) in [6, 6.07) is 5.29. The minimum atomic E-state index is -0.265. The van der Waals surface area contributed by atoms with Crippen molar-refractivity contribution in [2.75, 3.05) is 12.4 Å². The number of para-hydroxylation sites is 1. The van der Waals surface area contributed by atoms with Crippen LogP contribution >= 0.6 is 0 Å². The molecule has 0 fully saturated rings. The van der Waals surface area contributed by atoms with Gasteiger partial charge in [-0.15, -0.1) is 0 Å². The third kappa shape index (κ3) is 3.64. The molecule has 0 atom stereocenters. The third-order valence-electron chi connectivity index (χ3n) is 2.21. The van der Waals surface area contributed by atoms with E-state index in [4.69, 9.17) is 10.5 Å². The Kier molecular flexibility index (Phi) is 4.78. The number of anilines is 1. The Bertz CT molecular complexity index is 369. The third-order valence-corrected chi connectivity index (χ3v) is 2.21. The largest absolute Gasteiger partial charge is 0.495 e. The number of ether oxygens (including phenoxy) is 1. The SMILES string of the molecule is COc1cccc(CN)c1NC(=O)NC(C)C. The molecule has 0 aliphatic rings. The Balaban J connectivity index is 2.91. The van der Waals surface area contributed by atoms with E-state index < -0.39 is 0 Å². The Morgan fingerprint density at radius 2 is 2.18 bits per heavy atom. The normalized spacial score (nSPS) is 10.2. The summed E-state index contributed by atoms with van der Waals surface area (Å²) in [5, 5.41) is 5.50. The molecule has 2 amide bonds. The minimum Gasteiger partial charge on any atom is -0.495 e. The molecule has 5 heteroatoms. The molecular formula is C12H19N3O2. The molecule has 5 nitrogen and oxygen atoms in total. The van der Waals surface area contributed by atoms with Crippen molar-refractivity contribution in [1.82, 2.24) is 5.32 Å². The van der Waals surface area contributed by atoms with Crippen molar-refractivity contribution in [3.8, 4) is 5.75 Å². The number of nitrogens with one attached hydrogen (secondary N) is 2. The summed E-state index contributed by atoms with van der Waals surface area (Å²) in [7, 11) is 1.56. The minimum absolute atomic E-state index is 0.0750. The van der Waals surface area contributed by atoms with Crippen molar-refractivity contribution in [3.05, 3.63) is 23.8 Å². The summed E-state index contributed by atoms with van der Waals surface area (Å²) in [4.78, 5) is 11.6. The van der Waals surface area contributed by atoms with Gasteiger partial charge in [0.25, 0.3) is 0 Å². The second-order valence-corrected chi connectivity index (χ2v) is 3.95. The van der Waals surface area contributed by atoms with E-state index in [2.05, 4.69) is 10.6 Å². The number of carbonyl (C=O) groups excluding carboxylic acids is 1. The van der Waals surface area contributed by atoms with Gasteiger partial charge in [0.15, 0.2) is 0 Å². The highest BCUT2D eigenvalue weighted by Crippen LogP contribution is 2.27. The number of methoxy groups -OCH3 is 1. The van der Waals surface area contributed by atoms with Crippen LogP contribution in [0.5, 0.6) is 5.75 Å². The van der Waals surface area contributed by atoms with E-state index in [1.54, 1.807) is 13.2 Å². The van der Waals surface area contributed by atoms with E-state index in [0.717, 1.165) is 5.56 Å². The van der Waals surface area contributed by atoms with Gasteiger partial charge in [0, 0.05) is 12.6 Å². The molecule has 17 heavy (non-hydrogen) atoms. The topological polar surface area (TPSA) is 76.4 Å². The van der Waals surface area contributed by atoms with E-state index in [-0.39, 0.29) is 12.1 Å².